The molecule has 0 unspecified atom stereocenters. The van der Waals surface area contributed by atoms with E-state index in [1.165, 1.54) is 5.56 Å². The average Bonchev–Trinajstić information content (AvgIpc) is 2.75. The summed E-state index contributed by atoms with van der Waals surface area (Å²) >= 11 is 0. The lowest BCUT2D eigenvalue weighted by molar-refractivity contribution is -0.114. The first-order valence-electron chi connectivity index (χ1n) is 9.63. The smallest absolute Gasteiger partial charge is 0.253 e. The number of amides is 2. The molecule has 3 rings (SSSR count). The van der Waals surface area contributed by atoms with Crippen LogP contribution in [0.15, 0.2) is 78.9 Å². The van der Waals surface area contributed by atoms with E-state index in [0.29, 0.717) is 17.8 Å². The van der Waals surface area contributed by atoms with Crippen LogP contribution in [0.4, 0.5) is 11.4 Å². The summed E-state index contributed by atoms with van der Waals surface area (Å²) in [6.07, 6.45) is 0.765. The van der Waals surface area contributed by atoms with Gasteiger partial charge in [0.25, 0.3) is 5.91 Å². The van der Waals surface area contributed by atoms with Crippen LogP contribution in [0.2, 0.25) is 0 Å². The van der Waals surface area contributed by atoms with Crippen LogP contribution in [0.5, 0.6) is 0 Å². The van der Waals surface area contributed by atoms with Gasteiger partial charge in [0.15, 0.2) is 0 Å². The van der Waals surface area contributed by atoms with E-state index in [1.807, 2.05) is 73.7 Å². The molecule has 5 heteroatoms. The standard InChI is InChI=1S/C24H25N3O2/c1-18-11-13-20(14-12-18)27-23(28)17-26-22-10-6-5-9-21(22)24(29)25-16-15-19-7-3-2-4-8-19/h2-14,26H,15-17H2,1H3,(H,25,29)(H,27,28). The van der Waals surface area contributed by atoms with E-state index < -0.39 is 0 Å². The zero-order valence-electron chi connectivity index (χ0n) is 16.4. The number of rotatable bonds is 8. The molecule has 0 aliphatic rings. The summed E-state index contributed by atoms with van der Waals surface area (Å²) in [6.45, 7) is 2.61. The highest BCUT2D eigenvalue weighted by molar-refractivity contribution is 6.00. The Morgan fingerprint density at radius 1 is 0.828 bits per heavy atom. The molecule has 2 amide bonds. The number of para-hydroxylation sites is 1. The Hall–Kier alpha value is -3.60. The Morgan fingerprint density at radius 2 is 1.52 bits per heavy atom. The van der Waals surface area contributed by atoms with Gasteiger partial charge in [-0.2, -0.15) is 0 Å². The van der Waals surface area contributed by atoms with Gasteiger partial charge in [0.05, 0.1) is 12.1 Å². The van der Waals surface area contributed by atoms with Crippen molar-refractivity contribution in [2.45, 2.75) is 13.3 Å². The van der Waals surface area contributed by atoms with Gasteiger partial charge in [-0.1, -0.05) is 60.2 Å². The molecule has 0 spiro atoms. The fraction of sp³-hybridized carbons (Fsp3) is 0.167. The van der Waals surface area contributed by atoms with Crippen molar-refractivity contribution in [1.82, 2.24) is 5.32 Å². The van der Waals surface area contributed by atoms with Gasteiger partial charge in [0, 0.05) is 17.9 Å². The van der Waals surface area contributed by atoms with Crippen LogP contribution in [-0.2, 0) is 11.2 Å². The molecule has 3 aromatic carbocycles. The first-order chi connectivity index (χ1) is 14.1. The third kappa shape index (κ3) is 6.21. The molecule has 0 aromatic heterocycles. The molecule has 3 aromatic rings. The molecule has 0 fully saturated rings. The highest BCUT2D eigenvalue weighted by atomic mass is 16.2. The fourth-order valence-electron chi connectivity index (χ4n) is 2.91. The molecule has 3 N–H and O–H groups in total. The lowest BCUT2D eigenvalue weighted by Gasteiger charge is -2.12. The molecule has 148 valence electrons. The van der Waals surface area contributed by atoms with Crippen LogP contribution in [0, 0.1) is 6.92 Å². The van der Waals surface area contributed by atoms with Gasteiger partial charge in [0.1, 0.15) is 0 Å². The summed E-state index contributed by atoms with van der Waals surface area (Å²) in [7, 11) is 0. The number of hydrogen-bond acceptors (Lipinski definition) is 3. The third-order valence-corrected chi connectivity index (χ3v) is 4.49. The number of carbonyl (C=O) groups excluding carboxylic acids is 2. The van der Waals surface area contributed by atoms with E-state index in [0.717, 1.165) is 17.7 Å². The summed E-state index contributed by atoms with van der Waals surface area (Å²) in [5.74, 6) is -0.337. The van der Waals surface area contributed by atoms with Crippen LogP contribution < -0.4 is 16.0 Å². The predicted octanol–water partition coefficient (Wildman–Crippen LogP) is 4.02. The van der Waals surface area contributed by atoms with Crippen molar-refractivity contribution in [3.05, 3.63) is 95.6 Å². The van der Waals surface area contributed by atoms with Crippen LogP contribution in [0.25, 0.3) is 0 Å². The second kappa shape index (κ2) is 10.1. The van der Waals surface area contributed by atoms with Gasteiger partial charge >= 0.3 is 0 Å². The Labute approximate surface area is 171 Å². The molecule has 0 radical (unpaired) electrons. The normalized spacial score (nSPS) is 10.2. The minimum absolute atomic E-state index is 0.0716. The third-order valence-electron chi connectivity index (χ3n) is 4.49. The molecule has 0 bridgehead atoms. The second-order valence-corrected chi connectivity index (χ2v) is 6.80. The van der Waals surface area contributed by atoms with Crippen LogP contribution >= 0.6 is 0 Å². The Morgan fingerprint density at radius 3 is 2.28 bits per heavy atom. The van der Waals surface area contributed by atoms with Gasteiger partial charge in [-0.15, -0.1) is 0 Å². The number of benzene rings is 3. The number of anilines is 2. The number of nitrogens with one attached hydrogen (secondary N) is 3. The van der Waals surface area contributed by atoms with E-state index in [2.05, 4.69) is 16.0 Å². The monoisotopic (exact) mass is 387 g/mol. The summed E-state index contributed by atoms with van der Waals surface area (Å²) in [5, 5.41) is 8.84. The average molecular weight is 387 g/mol. The van der Waals surface area contributed by atoms with Crippen molar-refractivity contribution in [2.75, 3.05) is 23.7 Å². The quantitative estimate of drug-likeness (QED) is 0.547. The second-order valence-electron chi connectivity index (χ2n) is 6.80. The van der Waals surface area contributed by atoms with Crippen molar-refractivity contribution in [1.29, 1.82) is 0 Å². The van der Waals surface area contributed by atoms with E-state index in [-0.39, 0.29) is 18.4 Å². The largest absolute Gasteiger partial charge is 0.376 e. The van der Waals surface area contributed by atoms with Gasteiger partial charge in [-0.25, -0.2) is 0 Å². The molecule has 29 heavy (non-hydrogen) atoms. The molecule has 0 saturated heterocycles. The molecule has 0 aliphatic carbocycles. The summed E-state index contributed by atoms with van der Waals surface area (Å²) in [4.78, 5) is 24.8. The fourth-order valence-corrected chi connectivity index (χ4v) is 2.91. The maximum atomic E-state index is 12.6. The lowest BCUT2D eigenvalue weighted by atomic mass is 10.1. The number of aryl methyl sites for hydroxylation is 1. The molecular formula is C24H25N3O2. The lowest BCUT2D eigenvalue weighted by Crippen LogP contribution is -2.28. The zero-order chi connectivity index (χ0) is 20.5. The van der Waals surface area contributed by atoms with Crippen molar-refractivity contribution < 1.29 is 9.59 Å². The Bertz CT molecular complexity index is 953. The van der Waals surface area contributed by atoms with Gasteiger partial charge < -0.3 is 16.0 Å². The molecule has 0 aliphatic heterocycles. The summed E-state index contributed by atoms with van der Waals surface area (Å²) < 4.78 is 0. The molecule has 0 heterocycles. The SMILES string of the molecule is Cc1ccc(NC(=O)CNc2ccccc2C(=O)NCCc2ccccc2)cc1. The van der Waals surface area contributed by atoms with Crippen LogP contribution in [0.1, 0.15) is 21.5 Å². The van der Waals surface area contributed by atoms with Crippen molar-refractivity contribution in [2.24, 2.45) is 0 Å². The summed E-state index contributed by atoms with van der Waals surface area (Å²) in [6, 6.07) is 24.8. The van der Waals surface area contributed by atoms with Crippen molar-refractivity contribution in [3.63, 3.8) is 0 Å². The highest BCUT2D eigenvalue weighted by Crippen LogP contribution is 2.15. The van der Waals surface area contributed by atoms with Crippen LogP contribution in [-0.4, -0.2) is 24.9 Å². The molecular weight excluding hydrogens is 362 g/mol. The number of hydrogen-bond donors (Lipinski definition) is 3. The minimum atomic E-state index is -0.173. The molecule has 5 nitrogen and oxygen atoms in total. The number of carbonyl (C=O) groups is 2. The summed E-state index contributed by atoms with van der Waals surface area (Å²) in [5.41, 5.74) is 4.20. The van der Waals surface area contributed by atoms with E-state index in [1.54, 1.807) is 12.1 Å². The van der Waals surface area contributed by atoms with E-state index in [9.17, 15) is 9.59 Å². The zero-order valence-corrected chi connectivity index (χ0v) is 16.4. The van der Waals surface area contributed by atoms with Crippen LogP contribution in [0.3, 0.4) is 0 Å². The Balaban J connectivity index is 1.53. The first-order valence-corrected chi connectivity index (χ1v) is 9.63. The minimum Gasteiger partial charge on any atom is -0.376 e. The maximum Gasteiger partial charge on any atom is 0.253 e. The van der Waals surface area contributed by atoms with Gasteiger partial charge in [-0.3, -0.25) is 9.59 Å². The van der Waals surface area contributed by atoms with Crippen molar-refractivity contribution >= 4 is 23.2 Å². The highest BCUT2D eigenvalue weighted by Gasteiger charge is 2.11. The van der Waals surface area contributed by atoms with E-state index >= 15 is 0 Å². The van der Waals surface area contributed by atoms with Gasteiger partial charge in [-0.05, 0) is 43.2 Å². The Kier molecular flexibility index (Phi) is 7.00. The van der Waals surface area contributed by atoms with Gasteiger partial charge in [0.2, 0.25) is 5.91 Å². The first kappa shape index (κ1) is 20.1. The van der Waals surface area contributed by atoms with E-state index in [4.69, 9.17) is 0 Å². The predicted molar refractivity (Wildman–Crippen MR) is 117 cm³/mol. The maximum absolute atomic E-state index is 12.6. The molecule has 0 saturated carbocycles. The molecule has 0 atom stereocenters. The van der Waals surface area contributed by atoms with Crippen molar-refractivity contribution in [3.8, 4) is 0 Å². The topological polar surface area (TPSA) is 70.2 Å².